The first-order valence-corrected chi connectivity index (χ1v) is 15.9. The largest absolute Gasteiger partial charge is 0.387 e. The molecule has 1 aliphatic rings. The number of hydrogen-bond acceptors (Lipinski definition) is 8. The van der Waals surface area contributed by atoms with Gasteiger partial charge in [0.2, 0.25) is 0 Å². The number of nitrogens with zero attached hydrogens (tertiary/aromatic N) is 5. The van der Waals surface area contributed by atoms with Gasteiger partial charge in [0.15, 0.2) is 0 Å². The molecular weight excluding hydrogens is 554 g/mol. The molecule has 12 heteroatoms. The summed E-state index contributed by atoms with van der Waals surface area (Å²) >= 11 is 0. The lowest BCUT2D eigenvalue weighted by Gasteiger charge is -2.13. The number of aryl methyl sites for hydroxylation is 1. The molecule has 2 aromatic heterocycles. The number of nitrogens with one attached hydrogen (secondary N) is 2. The van der Waals surface area contributed by atoms with Gasteiger partial charge in [-0.1, -0.05) is 56.0 Å². The summed E-state index contributed by atoms with van der Waals surface area (Å²) in [5.74, 6) is 0.718. The van der Waals surface area contributed by atoms with E-state index in [0.29, 0.717) is 31.7 Å². The molecular formula is C30H37N7O4S. The zero-order valence-electron chi connectivity index (χ0n) is 23.5. The molecule has 0 bridgehead atoms. The maximum absolute atomic E-state index is 13.4. The van der Waals surface area contributed by atoms with Crippen molar-refractivity contribution in [2.45, 2.75) is 62.5 Å². The van der Waals surface area contributed by atoms with Crippen LogP contribution in [0.5, 0.6) is 0 Å². The predicted octanol–water partition coefficient (Wildman–Crippen LogP) is 3.46. The number of aliphatic hydroxyl groups is 1. The van der Waals surface area contributed by atoms with Gasteiger partial charge in [-0.25, -0.2) is 13.2 Å². The minimum absolute atomic E-state index is 0.0643. The molecule has 1 unspecified atom stereocenters. The van der Waals surface area contributed by atoms with Crippen LogP contribution in [0.3, 0.4) is 0 Å². The molecule has 1 fully saturated rings. The Balaban J connectivity index is 1.18. The van der Waals surface area contributed by atoms with Crippen LogP contribution >= 0.6 is 0 Å². The van der Waals surface area contributed by atoms with E-state index in [0.717, 1.165) is 34.6 Å². The van der Waals surface area contributed by atoms with Gasteiger partial charge in [0.25, 0.3) is 10.0 Å². The van der Waals surface area contributed by atoms with Crippen molar-refractivity contribution in [2.75, 3.05) is 17.8 Å². The average molecular weight is 592 g/mol. The number of aliphatic hydroxyl groups excluding tert-OH is 1. The Hall–Kier alpha value is -3.87. The number of hydrogen-bond donors (Lipinski definition) is 3. The number of para-hydroxylation sites is 1. The molecule has 11 nitrogen and oxygen atoms in total. The number of tetrazole rings is 1. The Bertz CT molecular complexity index is 1600. The van der Waals surface area contributed by atoms with Crippen molar-refractivity contribution >= 4 is 15.7 Å². The van der Waals surface area contributed by atoms with E-state index in [1.807, 2.05) is 18.2 Å². The molecule has 3 N–H and O–H groups in total. The molecule has 4 aromatic rings. The van der Waals surface area contributed by atoms with E-state index < -0.39 is 21.8 Å². The van der Waals surface area contributed by atoms with Crippen molar-refractivity contribution in [1.29, 1.82) is 0 Å². The van der Waals surface area contributed by atoms with Crippen molar-refractivity contribution in [3.05, 3.63) is 94.7 Å². The molecule has 1 atom stereocenters. The third kappa shape index (κ3) is 7.50. The average Bonchev–Trinajstić information content (AvgIpc) is 3.66. The van der Waals surface area contributed by atoms with Gasteiger partial charge in [-0.15, -0.1) is 0 Å². The van der Waals surface area contributed by atoms with Crippen LogP contribution in [0.15, 0.2) is 82.7 Å². The van der Waals surface area contributed by atoms with Crippen molar-refractivity contribution in [3.8, 4) is 5.69 Å². The van der Waals surface area contributed by atoms with Crippen LogP contribution in [0.4, 0.5) is 5.69 Å². The zero-order chi connectivity index (χ0) is 29.4. The summed E-state index contributed by atoms with van der Waals surface area (Å²) in [6.45, 7) is 1.50. The lowest BCUT2D eigenvalue weighted by Crippen LogP contribution is -2.26. The first-order valence-electron chi connectivity index (χ1n) is 14.4. The molecule has 0 spiro atoms. The molecule has 0 amide bonds. The normalized spacial score (nSPS) is 14.7. The summed E-state index contributed by atoms with van der Waals surface area (Å²) < 4.78 is 31.7. The SMILES string of the molecule is O=c1n(CCCC2CCCC2)nnn1-c1ccccc1S(=O)(=O)Nc1ccc(CCNCC(O)c2cccnc2)cc1. The third-order valence-electron chi connectivity index (χ3n) is 7.68. The van der Waals surface area contributed by atoms with E-state index >= 15 is 0 Å². The van der Waals surface area contributed by atoms with E-state index in [4.69, 9.17) is 0 Å². The standard InChI is InChI=1S/C30H37N7O4S/c38-28(25-10-5-18-31-21-25)22-32-19-17-24-13-15-26(16-14-24)33-42(40,41)29-12-4-3-11-27(29)37-30(39)36(34-35-37)20-6-9-23-7-1-2-8-23/h3-5,10-16,18,21,23,28,32-33,38H,1-2,6-9,17,19-20,22H2. The Labute approximate surface area is 245 Å². The van der Waals surface area contributed by atoms with Crippen molar-refractivity contribution in [2.24, 2.45) is 5.92 Å². The molecule has 5 rings (SSSR count). The highest BCUT2D eigenvalue weighted by Crippen LogP contribution is 2.28. The highest BCUT2D eigenvalue weighted by atomic mass is 32.2. The van der Waals surface area contributed by atoms with E-state index in [1.54, 1.807) is 48.8 Å². The molecule has 1 saturated carbocycles. The summed E-state index contributed by atoms with van der Waals surface area (Å²) in [7, 11) is -4.03. The lowest BCUT2D eigenvalue weighted by molar-refractivity contribution is 0.174. The van der Waals surface area contributed by atoms with Gasteiger partial charge in [0.1, 0.15) is 4.90 Å². The monoisotopic (exact) mass is 591 g/mol. The molecule has 0 radical (unpaired) electrons. The second-order valence-electron chi connectivity index (χ2n) is 10.7. The van der Waals surface area contributed by atoms with E-state index in [2.05, 4.69) is 25.4 Å². The van der Waals surface area contributed by atoms with Crippen molar-refractivity contribution in [1.82, 2.24) is 30.1 Å². The van der Waals surface area contributed by atoms with E-state index in [1.165, 1.54) is 36.4 Å². The first-order chi connectivity index (χ1) is 20.4. The van der Waals surface area contributed by atoms with Crippen LogP contribution in [0.1, 0.15) is 55.8 Å². The maximum Gasteiger partial charge on any atom is 0.368 e. The van der Waals surface area contributed by atoms with Crippen LogP contribution in [0.25, 0.3) is 5.69 Å². The highest BCUT2D eigenvalue weighted by Gasteiger charge is 2.22. The van der Waals surface area contributed by atoms with Crippen LogP contribution in [0.2, 0.25) is 0 Å². The molecule has 0 aliphatic heterocycles. The van der Waals surface area contributed by atoms with Gasteiger partial charge >= 0.3 is 5.69 Å². The molecule has 0 saturated heterocycles. The topological polar surface area (TPSA) is 144 Å². The highest BCUT2D eigenvalue weighted by molar-refractivity contribution is 7.92. The number of aromatic nitrogens is 5. The maximum atomic E-state index is 13.4. The van der Waals surface area contributed by atoms with Gasteiger partial charge in [-0.05, 0) is 78.0 Å². The van der Waals surface area contributed by atoms with Gasteiger partial charge in [-0.3, -0.25) is 9.71 Å². The number of benzene rings is 2. The summed E-state index contributed by atoms with van der Waals surface area (Å²) in [4.78, 5) is 17.0. The van der Waals surface area contributed by atoms with Crippen LogP contribution in [0, 0.1) is 5.92 Å². The summed E-state index contributed by atoms with van der Waals surface area (Å²) in [6.07, 6.45) is 10.3. The van der Waals surface area contributed by atoms with E-state index in [-0.39, 0.29) is 10.6 Å². The van der Waals surface area contributed by atoms with Crippen LogP contribution in [-0.2, 0) is 23.0 Å². The van der Waals surface area contributed by atoms with Gasteiger partial charge < -0.3 is 10.4 Å². The number of pyridine rings is 1. The smallest absolute Gasteiger partial charge is 0.368 e. The summed E-state index contributed by atoms with van der Waals surface area (Å²) in [5.41, 5.74) is 1.85. The van der Waals surface area contributed by atoms with Crippen molar-refractivity contribution in [3.63, 3.8) is 0 Å². The fourth-order valence-electron chi connectivity index (χ4n) is 5.37. The second-order valence-corrected chi connectivity index (χ2v) is 12.4. The van der Waals surface area contributed by atoms with Crippen molar-refractivity contribution < 1.29 is 13.5 Å². The minimum atomic E-state index is -4.03. The Morgan fingerprint density at radius 2 is 1.79 bits per heavy atom. The minimum Gasteiger partial charge on any atom is -0.387 e. The Morgan fingerprint density at radius 1 is 1.00 bits per heavy atom. The zero-order valence-corrected chi connectivity index (χ0v) is 24.3. The first kappa shape index (κ1) is 29.6. The second kappa shape index (κ2) is 13.9. The number of anilines is 1. The molecule has 1 aliphatic carbocycles. The molecule has 2 aromatic carbocycles. The molecule has 2 heterocycles. The predicted molar refractivity (Wildman–Crippen MR) is 160 cm³/mol. The van der Waals surface area contributed by atoms with Gasteiger partial charge in [0, 0.05) is 36.7 Å². The Kier molecular flexibility index (Phi) is 9.78. The number of rotatable bonds is 14. The lowest BCUT2D eigenvalue weighted by atomic mass is 10.0. The van der Waals surface area contributed by atoms with Crippen LogP contribution < -0.4 is 15.7 Å². The van der Waals surface area contributed by atoms with Crippen LogP contribution in [-0.4, -0.2) is 51.4 Å². The number of sulfonamides is 1. The van der Waals surface area contributed by atoms with E-state index in [9.17, 15) is 18.3 Å². The summed E-state index contributed by atoms with van der Waals surface area (Å²) in [5, 5.41) is 21.5. The Morgan fingerprint density at radius 3 is 2.55 bits per heavy atom. The summed E-state index contributed by atoms with van der Waals surface area (Å²) in [6, 6.07) is 17.0. The quantitative estimate of drug-likeness (QED) is 0.189. The van der Waals surface area contributed by atoms with Gasteiger partial charge in [-0.2, -0.15) is 9.36 Å². The molecule has 222 valence electrons. The van der Waals surface area contributed by atoms with Gasteiger partial charge in [0.05, 0.1) is 11.8 Å². The molecule has 42 heavy (non-hydrogen) atoms. The fourth-order valence-corrected chi connectivity index (χ4v) is 6.61. The third-order valence-corrected chi connectivity index (χ3v) is 9.11. The fraction of sp³-hybridized carbons (Fsp3) is 0.400.